The van der Waals surface area contributed by atoms with Crippen molar-refractivity contribution in [1.82, 2.24) is 4.57 Å². The number of rotatable bonds is 3. The van der Waals surface area contributed by atoms with Crippen molar-refractivity contribution in [3.63, 3.8) is 0 Å². The zero-order valence-electron chi connectivity index (χ0n) is 7.66. The van der Waals surface area contributed by atoms with Gasteiger partial charge in [0.1, 0.15) is 11.6 Å². The number of ether oxygens (including phenoxy) is 1. The summed E-state index contributed by atoms with van der Waals surface area (Å²) < 4.78 is 7.02. The third-order valence-electron chi connectivity index (χ3n) is 1.71. The topological polar surface area (TPSA) is 55.0 Å². The molecule has 0 aliphatic heterocycles. The molecule has 0 amide bonds. The van der Waals surface area contributed by atoms with E-state index in [1.54, 1.807) is 13.3 Å². The molecule has 0 fully saturated rings. The average Bonchev–Trinajstić information content (AvgIpc) is 2.18. The highest BCUT2D eigenvalue weighted by Crippen LogP contribution is 2.07. The van der Waals surface area contributed by atoms with Crippen molar-refractivity contribution < 1.29 is 4.74 Å². The molecule has 0 aliphatic rings. The first-order valence-electron chi connectivity index (χ1n) is 3.98. The Labute approximate surface area is 89.9 Å². The predicted molar refractivity (Wildman–Crippen MR) is 55.0 cm³/mol. The Kier molecular flexibility index (Phi) is 3.86. The number of methoxy groups -OCH3 is 1. The minimum Gasteiger partial charge on any atom is -0.383 e. The van der Waals surface area contributed by atoms with Crippen LogP contribution < -0.4 is 5.56 Å². The van der Waals surface area contributed by atoms with E-state index in [-0.39, 0.29) is 11.1 Å². The van der Waals surface area contributed by atoms with Crippen LogP contribution in [-0.4, -0.2) is 18.3 Å². The highest BCUT2D eigenvalue weighted by molar-refractivity contribution is 9.10. The number of aromatic nitrogens is 1. The SMILES string of the molecule is COCCn1cc(Br)cc(C#N)c1=O. The molecular weight excluding hydrogens is 248 g/mol. The normalized spacial score (nSPS) is 9.79. The lowest BCUT2D eigenvalue weighted by Gasteiger charge is -2.05. The third kappa shape index (κ3) is 2.44. The Balaban J connectivity index is 3.11. The van der Waals surface area contributed by atoms with E-state index in [0.29, 0.717) is 17.6 Å². The summed E-state index contributed by atoms with van der Waals surface area (Å²) in [7, 11) is 1.56. The first kappa shape index (κ1) is 11.0. The molecule has 0 bridgehead atoms. The van der Waals surface area contributed by atoms with Gasteiger partial charge in [0.25, 0.3) is 5.56 Å². The number of halogens is 1. The Morgan fingerprint density at radius 2 is 2.43 bits per heavy atom. The highest BCUT2D eigenvalue weighted by Gasteiger charge is 2.04. The lowest BCUT2D eigenvalue weighted by atomic mass is 10.3. The average molecular weight is 257 g/mol. The fourth-order valence-corrected chi connectivity index (χ4v) is 1.51. The van der Waals surface area contributed by atoms with Crippen molar-refractivity contribution in [2.75, 3.05) is 13.7 Å². The van der Waals surface area contributed by atoms with E-state index in [9.17, 15) is 4.79 Å². The quantitative estimate of drug-likeness (QED) is 0.815. The number of nitriles is 1. The van der Waals surface area contributed by atoms with Gasteiger partial charge >= 0.3 is 0 Å². The summed E-state index contributed by atoms with van der Waals surface area (Å²) >= 11 is 3.23. The number of hydrogen-bond donors (Lipinski definition) is 0. The van der Waals surface area contributed by atoms with Crippen LogP contribution in [0.1, 0.15) is 5.56 Å². The van der Waals surface area contributed by atoms with Gasteiger partial charge in [-0.1, -0.05) is 0 Å². The van der Waals surface area contributed by atoms with E-state index in [1.807, 2.05) is 6.07 Å². The standard InChI is InChI=1S/C9H9BrN2O2/c1-14-3-2-12-6-8(10)4-7(5-11)9(12)13/h4,6H,2-3H2,1H3. The minimum atomic E-state index is -0.284. The second kappa shape index (κ2) is 4.94. The van der Waals surface area contributed by atoms with E-state index in [2.05, 4.69) is 15.9 Å². The van der Waals surface area contributed by atoms with Gasteiger partial charge in [-0.3, -0.25) is 4.79 Å². The summed E-state index contributed by atoms with van der Waals surface area (Å²) in [5.74, 6) is 0. The Bertz CT molecular complexity index is 420. The van der Waals surface area contributed by atoms with Gasteiger partial charge in [0.2, 0.25) is 0 Å². The summed E-state index contributed by atoms with van der Waals surface area (Å²) in [5, 5.41) is 8.68. The van der Waals surface area contributed by atoms with Gasteiger partial charge in [0.15, 0.2) is 0 Å². The van der Waals surface area contributed by atoms with Crippen LogP contribution in [0.4, 0.5) is 0 Å². The molecule has 0 unspecified atom stereocenters. The molecule has 74 valence electrons. The smallest absolute Gasteiger partial charge is 0.268 e. The first-order chi connectivity index (χ1) is 6.69. The number of nitrogens with zero attached hydrogens (tertiary/aromatic N) is 2. The van der Waals surface area contributed by atoms with Gasteiger partial charge in [-0.25, -0.2) is 0 Å². The molecule has 0 aliphatic carbocycles. The van der Waals surface area contributed by atoms with Gasteiger partial charge in [-0.2, -0.15) is 5.26 Å². The van der Waals surface area contributed by atoms with Crippen LogP contribution in [0.5, 0.6) is 0 Å². The Morgan fingerprint density at radius 1 is 1.71 bits per heavy atom. The zero-order valence-corrected chi connectivity index (χ0v) is 9.24. The van der Waals surface area contributed by atoms with Crippen LogP contribution in [0.15, 0.2) is 21.5 Å². The molecule has 14 heavy (non-hydrogen) atoms. The Morgan fingerprint density at radius 3 is 3.00 bits per heavy atom. The van der Waals surface area contributed by atoms with Gasteiger partial charge in [-0.15, -0.1) is 0 Å². The fraction of sp³-hybridized carbons (Fsp3) is 0.333. The largest absolute Gasteiger partial charge is 0.383 e. The van der Waals surface area contributed by atoms with E-state index >= 15 is 0 Å². The summed E-state index contributed by atoms with van der Waals surface area (Å²) in [6.07, 6.45) is 1.64. The van der Waals surface area contributed by atoms with Crippen LogP contribution in [0.3, 0.4) is 0 Å². The van der Waals surface area contributed by atoms with Gasteiger partial charge < -0.3 is 9.30 Å². The highest BCUT2D eigenvalue weighted by atomic mass is 79.9. The van der Waals surface area contributed by atoms with Crippen molar-refractivity contribution in [1.29, 1.82) is 5.26 Å². The van der Waals surface area contributed by atoms with E-state index in [4.69, 9.17) is 10.00 Å². The van der Waals surface area contributed by atoms with Gasteiger partial charge in [0, 0.05) is 24.3 Å². The molecule has 1 aromatic rings. The maximum Gasteiger partial charge on any atom is 0.268 e. The molecule has 0 aromatic carbocycles. The second-order valence-corrected chi connectivity index (χ2v) is 3.59. The van der Waals surface area contributed by atoms with Crippen LogP contribution >= 0.6 is 15.9 Å². The molecular formula is C9H9BrN2O2. The van der Waals surface area contributed by atoms with E-state index in [1.165, 1.54) is 10.6 Å². The molecule has 0 saturated carbocycles. The maximum absolute atomic E-state index is 11.5. The molecule has 0 N–H and O–H groups in total. The molecule has 5 heteroatoms. The molecule has 4 nitrogen and oxygen atoms in total. The number of hydrogen-bond acceptors (Lipinski definition) is 3. The van der Waals surface area contributed by atoms with Crippen LogP contribution in [0.25, 0.3) is 0 Å². The summed E-state index contributed by atoms with van der Waals surface area (Å²) in [5.41, 5.74) is -0.150. The molecule has 1 heterocycles. The molecule has 0 saturated heterocycles. The van der Waals surface area contributed by atoms with E-state index in [0.717, 1.165) is 0 Å². The third-order valence-corrected chi connectivity index (χ3v) is 2.14. The summed E-state index contributed by atoms with van der Waals surface area (Å²) in [4.78, 5) is 11.5. The van der Waals surface area contributed by atoms with Crippen molar-refractivity contribution >= 4 is 15.9 Å². The molecule has 1 rings (SSSR count). The lowest BCUT2D eigenvalue weighted by molar-refractivity contribution is 0.186. The van der Waals surface area contributed by atoms with Gasteiger partial charge in [0.05, 0.1) is 6.61 Å². The van der Waals surface area contributed by atoms with Crippen molar-refractivity contribution in [3.8, 4) is 6.07 Å². The predicted octanol–water partition coefficient (Wildman–Crippen LogP) is 1.13. The monoisotopic (exact) mass is 256 g/mol. The fourth-order valence-electron chi connectivity index (χ4n) is 1.03. The van der Waals surface area contributed by atoms with Crippen LogP contribution in [0, 0.1) is 11.3 Å². The zero-order chi connectivity index (χ0) is 10.6. The maximum atomic E-state index is 11.5. The van der Waals surface area contributed by atoms with Crippen molar-refractivity contribution in [3.05, 3.63) is 32.7 Å². The van der Waals surface area contributed by atoms with Crippen molar-refractivity contribution in [2.45, 2.75) is 6.54 Å². The Hall–Kier alpha value is -1.12. The lowest BCUT2D eigenvalue weighted by Crippen LogP contribution is -2.23. The van der Waals surface area contributed by atoms with Crippen LogP contribution in [-0.2, 0) is 11.3 Å². The minimum absolute atomic E-state index is 0.135. The second-order valence-electron chi connectivity index (χ2n) is 2.68. The van der Waals surface area contributed by atoms with E-state index < -0.39 is 0 Å². The molecule has 0 radical (unpaired) electrons. The molecule has 0 atom stereocenters. The van der Waals surface area contributed by atoms with Crippen LogP contribution in [0.2, 0.25) is 0 Å². The summed E-state index contributed by atoms with van der Waals surface area (Å²) in [6, 6.07) is 3.35. The molecule has 0 spiro atoms. The van der Waals surface area contributed by atoms with Gasteiger partial charge in [-0.05, 0) is 22.0 Å². The number of pyridine rings is 1. The first-order valence-corrected chi connectivity index (χ1v) is 4.77. The summed E-state index contributed by atoms with van der Waals surface area (Å²) in [6.45, 7) is 0.894. The molecule has 1 aromatic heterocycles. The van der Waals surface area contributed by atoms with Crippen molar-refractivity contribution in [2.24, 2.45) is 0 Å².